The predicted molar refractivity (Wildman–Crippen MR) is 112 cm³/mol. The van der Waals surface area contributed by atoms with Crippen LogP contribution in [0.3, 0.4) is 0 Å². The molecule has 1 aliphatic rings. The number of rotatable bonds is 5. The normalized spacial score (nSPS) is 15.3. The molecule has 154 valence electrons. The average molecular weight is 481 g/mol. The number of anilines is 1. The van der Waals surface area contributed by atoms with Crippen LogP contribution in [-0.4, -0.2) is 33.5 Å². The smallest absolute Gasteiger partial charge is 0 e. The summed E-state index contributed by atoms with van der Waals surface area (Å²) < 4.78 is 15.4. The van der Waals surface area contributed by atoms with Crippen LogP contribution < -0.4 is 10.4 Å². The van der Waals surface area contributed by atoms with E-state index in [4.69, 9.17) is 0 Å². The molecule has 1 radical (unpaired) electrons. The molecule has 1 aliphatic heterocycles. The predicted octanol–water partition coefficient (Wildman–Crippen LogP) is 2.86. The van der Waals surface area contributed by atoms with Crippen LogP contribution in [0.2, 0.25) is 0 Å². The second-order valence-electron chi connectivity index (χ2n) is 7.42. The summed E-state index contributed by atoms with van der Waals surface area (Å²) in [5.41, 5.74) is 5.39. The molecule has 0 unspecified atom stereocenters. The summed E-state index contributed by atoms with van der Waals surface area (Å²) in [6.45, 7) is 6.35. The second-order valence-corrected chi connectivity index (χ2v) is 7.83. The molecule has 0 aromatic heterocycles. The summed E-state index contributed by atoms with van der Waals surface area (Å²) in [7, 11) is -1.53. The van der Waals surface area contributed by atoms with E-state index in [0.717, 1.165) is 28.1 Å². The molecule has 0 saturated heterocycles. The number of aryl methyl sites for hydroxylation is 1. The molecule has 0 atom stereocenters. The van der Waals surface area contributed by atoms with Crippen molar-refractivity contribution in [3.63, 3.8) is 0 Å². The molecule has 3 N–H and O–H groups in total. The summed E-state index contributed by atoms with van der Waals surface area (Å²) >= 11 is 2.26. The molecule has 1 heterocycles. The van der Waals surface area contributed by atoms with Gasteiger partial charge in [-0.15, -0.1) is 0 Å². The van der Waals surface area contributed by atoms with Crippen molar-refractivity contribution in [1.82, 2.24) is 0 Å². The van der Waals surface area contributed by atoms with E-state index in [2.05, 4.69) is 35.7 Å². The van der Waals surface area contributed by atoms with Gasteiger partial charge in [0.25, 0.3) is 0 Å². The monoisotopic (exact) mass is 481 g/mol. The summed E-state index contributed by atoms with van der Waals surface area (Å²) in [5, 5.41) is 29.4. The number of benzene rings is 2. The minimum atomic E-state index is -1.53. The van der Waals surface area contributed by atoms with Crippen molar-refractivity contribution >= 4 is 28.6 Å². The first-order chi connectivity index (χ1) is 13.7. The maximum Gasteiger partial charge on any atom is 0 e. The van der Waals surface area contributed by atoms with Gasteiger partial charge in [0, 0.05) is 18.6 Å². The number of aliphatic hydroxyl groups excluding tert-OH is 1. The van der Waals surface area contributed by atoms with Gasteiger partial charge >= 0.3 is 180 Å². The van der Waals surface area contributed by atoms with Crippen molar-refractivity contribution in [2.75, 3.05) is 11.4 Å². The van der Waals surface area contributed by atoms with Gasteiger partial charge in [-0.25, -0.2) is 0 Å². The molecule has 4 nitrogen and oxygen atoms in total. The molecule has 0 spiro atoms. The summed E-state index contributed by atoms with van der Waals surface area (Å²) in [6.07, 6.45) is 0. The fourth-order valence-electron chi connectivity index (χ4n) is 3.67. The van der Waals surface area contributed by atoms with Crippen LogP contribution in [-0.2, 0) is 35.5 Å². The third-order valence-corrected chi connectivity index (χ3v) is 5.48. The first-order valence-corrected chi connectivity index (χ1v) is 10.2. The number of allylic oxidation sites excluding steroid dienone is 2. The molecule has 0 amide bonds. The van der Waals surface area contributed by atoms with Crippen LogP contribution >= 0.6 is 0 Å². The minimum absolute atomic E-state index is 0. The van der Waals surface area contributed by atoms with Gasteiger partial charge in [-0.05, 0) is 0 Å². The van der Waals surface area contributed by atoms with Gasteiger partial charge in [0.2, 0.25) is 0 Å². The van der Waals surface area contributed by atoms with E-state index in [9.17, 15) is 19.5 Å². The van der Waals surface area contributed by atoms with Crippen LogP contribution in [0.25, 0.3) is 5.57 Å². The van der Waals surface area contributed by atoms with Crippen LogP contribution in [0.1, 0.15) is 25.0 Å². The Bertz CT molecular complexity index is 1000. The van der Waals surface area contributed by atoms with Gasteiger partial charge in [0.1, 0.15) is 0 Å². The van der Waals surface area contributed by atoms with Crippen molar-refractivity contribution in [3.8, 4) is 0 Å². The molecular weight excluding hydrogens is 458 g/mol. The Balaban J connectivity index is 0.00000320. The van der Waals surface area contributed by atoms with Gasteiger partial charge in [0.15, 0.2) is 0 Å². The SMILES string of the molecule is Cc1cc(N2C/C(=C(/O)[CH]=[V])C(c3ccc(B(O)O)cc3)=C2C(C)C)ccc1F.[V]. The van der Waals surface area contributed by atoms with Crippen molar-refractivity contribution < 1.29 is 55.1 Å². The van der Waals surface area contributed by atoms with Gasteiger partial charge < -0.3 is 0 Å². The van der Waals surface area contributed by atoms with E-state index in [-0.39, 0.29) is 36.0 Å². The van der Waals surface area contributed by atoms with E-state index in [1.165, 1.54) is 6.07 Å². The fourth-order valence-corrected chi connectivity index (χ4v) is 3.91. The molecule has 2 aromatic rings. The van der Waals surface area contributed by atoms with E-state index >= 15 is 0 Å². The maximum absolute atomic E-state index is 13.8. The zero-order valence-corrected chi connectivity index (χ0v) is 19.8. The van der Waals surface area contributed by atoms with Gasteiger partial charge in [-0.1, -0.05) is 0 Å². The summed E-state index contributed by atoms with van der Waals surface area (Å²) in [6, 6.07) is 12.0. The van der Waals surface area contributed by atoms with E-state index in [1.807, 2.05) is 18.2 Å². The molecule has 3 rings (SSSR count). The van der Waals surface area contributed by atoms with Crippen molar-refractivity contribution in [2.45, 2.75) is 20.8 Å². The second kappa shape index (κ2) is 10.2. The van der Waals surface area contributed by atoms with E-state index < -0.39 is 7.12 Å². The Labute approximate surface area is 197 Å². The average Bonchev–Trinajstić information content (AvgIpc) is 3.10. The number of aliphatic hydroxyl groups is 1. The number of halogens is 1. The third kappa shape index (κ3) is 4.86. The van der Waals surface area contributed by atoms with Gasteiger partial charge in [-0.2, -0.15) is 0 Å². The Morgan fingerprint density at radius 2 is 1.80 bits per heavy atom. The zero-order valence-electron chi connectivity index (χ0n) is 17.0. The molecule has 0 fully saturated rings. The third-order valence-electron chi connectivity index (χ3n) is 5.09. The first-order valence-electron chi connectivity index (χ1n) is 9.38. The van der Waals surface area contributed by atoms with Crippen LogP contribution in [0, 0.1) is 18.7 Å². The molecule has 8 heteroatoms. The van der Waals surface area contributed by atoms with Crippen LogP contribution in [0.5, 0.6) is 0 Å². The summed E-state index contributed by atoms with van der Waals surface area (Å²) in [4.78, 5) is 2.10. The maximum atomic E-state index is 13.8. The minimum Gasteiger partial charge on any atom is 0 e. The Morgan fingerprint density at radius 3 is 2.30 bits per heavy atom. The molecule has 0 aliphatic carbocycles. The van der Waals surface area contributed by atoms with Crippen molar-refractivity contribution in [3.05, 3.63) is 76.4 Å². The fraction of sp³-hybridized carbons (Fsp3) is 0.227. The van der Waals surface area contributed by atoms with Crippen LogP contribution in [0.4, 0.5) is 10.1 Å². The molecule has 2 aromatic carbocycles. The first kappa shape index (κ1) is 24.7. The largest absolute Gasteiger partial charge is 0 e. The molecular formula is C22H23BFNO3V2. The number of hydrogen-bond acceptors (Lipinski definition) is 4. The topological polar surface area (TPSA) is 63.9 Å². The standard InChI is InChI=1S/C22H23BFNO3.2V/c1-13(2)22-21(16-5-7-17(8-6-16)23(27)28)19(15(4)26)12-25(22)18-9-10-20(24)14(3)11-18;;/h4-11,13,26-28H,12H2,1-3H3;;/b19-15-;;. The summed E-state index contributed by atoms with van der Waals surface area (Å²) in [5.74, 6) is 0.0556. The Morgan fingerprint density at radius 1 is 1.17 bits per heavy atom. The number of hydrogen-bond donors (Lipinski definition) is 3. The van der Waals surface area contributed by atoms with Gasteiger partial charge in [0.05, 0.1) is 0 Å². The van der Waals surface area contributed by atoms with E-state index in [1.54, 1.807) is 29.9 Å². The Hall–Kier alpha value is -1.53. The van der Waals surface area contributed by atoms with Crippen molar-refractivity contribution in [1.29, 1.82) is 0 Å². The number of nitrogens with zero attached hydrogens (tertiary/aromatic N) is 1. The molecule has 0 saturated carbocycles. The van der Waals surface area contributed by atoms with Crippen LogP contribution in [0.15, 0.2) is 59.5 Å². The zero-order chi connectivity index (χ0) is 21.3. The quantitative estimate of drug-likeness (QED) is 0.455. The molecule has 0 bridgehead atoms. The molecule has 30 heavy (non-hydrogen) atoms. The van der Waals surface area contributed by atoms with E-state index in [0.29, 0.717) is 17.6 Å². The van der Waals surface area contributed by atoms with Crippen molar-refractivity contribution in [2.24, 2.45) is 5.92 Å². The van der Waals surface area contributed by atoms with Gasteiger partial charge in [-0.3, -0.25) is 0 Å². The Kier molecular flexibility index (Phi) is 8.40.